The van der Waals surface area contributed by atoms with Gasteiger partial charge in [-0.1, -0.05) is 11.6 Å². The van der Waals surface area contributed by atoms with Gasteiger partial charge < -0.3 is 15.0 Å². The summed E-state index contributed by atoms with van der Waals surface area (Å²) < 4.78 is 5.88. The molecule has 1 aliphatic rings. The number of likely N-dealkylation sites (tertiary alicyclic amines) is 1. The van der Waals surface area contributed by atoms with Gasteiger partial charge in [-0.25, -0.2) is 4.79 Å². The zero-order valence-corrected chi connectivity index (χ0v) is 12.6. The predicted molar refractivity (Wildman–Crippen MR) is 78.1 cm³/mol. The Labute approximate surface area is 124 Å². The van der Waals surface area contributed by atoms with Gasteiger partial charge in [-0.3, -0.25) is 4.98 Å². The van der Waals surface area contributed by atoms with E-state index in [-0.39, 0.29) is 18.2 Å². The lowest BCUT2D eigenvalue weighted by Crippen LogP contribution is -2.50. The highest BCUT2D eigenvalue weighted by Gasteiger charge is 2.25. The second-order valence-corrected chi connectivity index (χ2v) is 5.65. The SMILES string of the molecule is CC(C)NC(=O)N1CCCC(Oc2ccncc2Cl)C1. The van der Waals surface area contributed by atoms with Gasteiger partial charge in [-0.2, -0.15) is 0 Å². The van der Waals surface area contributed by atoms with Crippen molar-refractivity contribution in [3.8, 4) is 5.75 Å². The number of rotatable bonds is 3. The van der Waals surface area contributed by atoms with Gasteiger partial charge >= 0.3 is 6.03 Å². The van der Waals surface area contributed by atoms with Gasteiger partial charge in [-0.15, -0.1) is 0 Å². The fourth-order valence-electron chi connectivity index (χ4n) is 2.19. The van der Waals surface area contributed by atoms with Gasteiger partial charge in [0.2, 0.25) is 0 Å². The minimum Gasteiger partial charge on any atom is -0.487 e. The fourth-order valence-corrected chi connectivity index (χ4v) is 2.36. The summed E-state index contributed by atoms with van der Waals surface area (Å²) in [5.41, 5.74) is 0. The Morgan fingerprint density at radius 2 is 2.40 bits per heavy atom. The van der Waals surface area contributed by atoms with E-state index < -0.39 is 0 Å². The number of ether oxygens (including phenoxy) is 1. The molecule has 0 saturated carbocycles. The molecule has 0 aromatic carbocycles. The third kappa shape index (κ3) is 4.00. The average Bonchev–Trinajstić information content (AvgIpc) is 2.41. The highest BCUT2D eigenvalue weighted by molar-refractivity contribution is 6.31. The topological polar surface area (TPSA) is 54.5 Å². The van der Waals surface area contributed by atoms with E-state index in [1.165, 1.54) is 0 Å². The maximum absolute atomic E-state index is 12.0. The Morgan fingerprint density at radius 3 is 3.10 bits per heavy atom. The van der Waals surface area contributed by atoms with Crippen LogP contribution in [0.2, 0.25) is 5.02 Å². The van der Waals surface area contributed by atoms with Crippen LogP contribution in [0.5, 0.6) is 5.75 Å². The second-order valence-electron chi connectivity index (χ2n) is 5.24. The van der Waals surface area contributed by atoms with Crippen molar-refractivity contribution in [2.24, 2.45) is 0 Å². The molecule has 1 atom stereocenters. The summed E-state index contributed by atoms with van der Waals surface area (Å²) in [6, 6.07) is 1.85. The molecule has 1 saturated heterocycles. The van der Waals surface area contributed by atoms with Crippen LogP contribution in [-0.4, -0.2) is 41.2 Å². The van der Waals surface area contributed by atoms with Crippen LogP contribution in [-0.2, 0) is 0 Å². The van der Waals surface area contributed by atoms with Crippen LogP contribution < -0.4 is 10.1 Å². The predicted octanol–water partition coefficient (Wildman–Crippen LogP) is 2.70. The molecule has 5 nitrogen and oxygen atoms in total. The van der Waals surface area contributed by atoms with Gasteiger partial charge in [0.1, 0.15) is 16.9 Å². The van der Waals surface area contributed by atoms with Crippen molar-refractivity contribution in [1.29, 1.82) is 0 Å². The van der Waals surface area contributed by atoms with Crippen molar-refractivity contribution >= 4 is 17.6 Å². The van der Waals surface area contributed by atoms with Crippen LogP contribution in [0.25, 0.3) is 0 Å². The fraction of sp³-hybridized carbons (Fsp3) is 0.571. The van der Waals surface area contributed by atoms with E-state index in [2.05, 4.69) is 10.3 Å². The van der Waals surface area contributed by atoms with E-state index in [1.54, 1.807) is 23.4 Å². The molecule has 2 amide bonds. The first-order valence-electron chi connectivity index (χ1n) is 6.88. The number of hydrogen-bond donors (Lipinski definition) is 1. The lowest BCUT2D eigenvalue weighted by Gasteiger charge is -2.33. The van der Waals surface area contributed by atoms with Gasteiger partial charge in [0.25, 0.3) is 0 Å². The molecular weight excluding hydrogens is 278 g/mol. The zero-order chi connectivity index (χ0) is 14.5. The molecule has 20 heavy (non-hydrogen) atoms. The van der Waals surface area contributed by atoms with E-state index in [0.717, 1.165) is 19.4 Å². The molecule has 2 heterocycles. The number of piperidine rings is 1. The molecule has 0 radical (unpaired) electrons. The van der Waals surface area contributed by atoms with Crippen molar-refractivity contribution in [3.05, 3.63) is 23.5 Å². The summed E-state index contributed by atoms with van der Waals surface area (Å²) in [7, 11) is 0. The first-order chi connectivity index (χ1) is 9.56. The van der Waals surface area contributed by atoms with E-state index in [1.807, 2.05) is 13.8 Å². The smallest absolute Gasteiger partial charge is 0.317 e. The third-order valence-corrected chi connectivity index (χ3v) is 3.39. The summed E-state index contributed by atoms with van der Waals surface area (Å²) in [6.45, 7) is 5.25. The number of nitrogens with one attached hydrogen (secondary N) is 1. The van der Waals surface area contributed by atoms with E-state index in [4.69, 9.17) is 16.3 Å². The molecule has 0 aliphatic carbocycles. The number of carbonyl (C=O) groups excluding carboxylic acids is 1. The molecule has 6 heteroatoms. The summed E-state index contributed by atoms with van der Waals surface area (Å²) in [5, 5.41) is 3.40. The Kier molecular flexibility index (Phi) is 5.06. The molecule has 0 bridgehead atoms. The summed E-state index contributed by atoms with van der Waals surface area (Å²) in [6.07, 6.45) is 5.03. The van der Waals surface area contributed by atoms with Crippen LogP contribution in [0.4, 0.5) is 4.79 Å². The van der Waals surface area contributed by atoms with Crippen LogP contribution >= 0.6 is 11.6 Å². The lowest BCUT2D eigenvalue weighted by atomic mass is 10.1. The molecule has 0 spiro atoms. The maximum Gasteiger partial charge on any atom is 0.317 e. The second kappa shape index (κ2) is 6.79. The quantitative estimate of drug-likeness (QED) is 0.933. The Balaban J connectivity index is 1.94. The van der Waals surface area contributed by atoms with Crippen LogP contribution in [0, 0.1) is 0 Å². The van der Waals surface area contributed by atoms with Crippen LogP contribution in [0.1, 0.15) is 26.7 Å². The number of nitrogens with zero attached hydrogens (tertiary/aromatic N) is 2. The molecule has 1 aromatic heterocycles. The summed E-state index contributed by atoms with van der Waals surface area (Å²) in [4.78, 5) is 17.7. The molecular formula is C14H20ClN3O2. The molecule has 2 rings (SSSR count). The standard InChI is InChI=1S/C14H20ClN3O2/c1-10(2)17-14(19)18-7-3-4-11(9-18)20-13-5-6-16-8-12(13)15/h5-6,8,10-11H,3-4,7,9H2,1-2H3,(H,17,19). The monoisotopic (exact) mass is 297 g/mol. The number of halogens is 1. The third-order valence-electron chi connectivity index (χ3n) is 3.11. The minimum absolute atomic E-state index is 0.0263. The van der Waals surface area contributed by atoms with Crippen molar-refractivity contribution in [2.75, 3.05) is 13.1 Å². The number of aromatic nitrogens is 1. The number of urea groups is 1. The van der Waals surface area contributed by atoms with Crippen LogP contribution in [0.15, 0.2) is 18.5 Å². The Hall–Kier alpha value is -1.49. The highest BCUT2D eigenvalue weighted by Crippen LogP contribution is 2.25. The van der Waals surface area contributed by atoms with Crippen molar-refractivity contribution in [3.63, 3.8) is 0 Å². The summed E-state index contributed by atoms with van der Waals surface area (Å²) in [5.74, 6) is 0.623. The molecule has 1 aromatic rings. The van der Waals surface area contributed by atoms with Crippen LogP contribution in [0.3, 0.4) is 0 Å². The van der Waals surface area contributed by atoms with Crippen molar-refractivity contribution in [1.82, 2.24) is 15.2 Å². The summed E-state index contributed by atoms with van der Waals surface area (Å²) >= 11 is 6.03. The van der Waals surface area contributed by atoms with Gasteiger partial charge in [0, 0.05) is 31.0 Å². The number of amides is 2. The van der Waals surface area contributed by atoms with Gasteiger partial charge in [-0.05, 0) is 26.7 Å². The Morgan fingerprint density at radius 1 is 1.60 bits per heavy atom. The van der Waals surface area contributed by atoms with Gasteiger partial charge in [0.15, 0.2) is 0 Å². The number of hydrogen-bond acceptors (Lipinski definition) is 3. The maximum atomic E-state index is 12.0. The zero-order valence-electron chi connectivity index (χ0n) is 11.8. The highest BCUT2D eigenvalue weighted by atomic mass is 35.5. The molecule has 1 fully saturated rings. The lowest BCUT2D eigenvalue weighted by molar-refractivity contribution is 0.101. The number of carbonyl (C=O) groups is 1. The Bertz CT molecular complexity index is 467. The molecule has 1 unspecified atom stereocenters. The van der Waals surface area contributed by atoms with E-state index >= 15 is 0 Å². The normalized spacial score (nSPS) is 19.0. The molecule has 1 aliphatic heterocycles. The first kappa shape index (κ1) is 14.9. The molecule has 1 N–H and O–H groups in total. The van der Waals surface area contributed by atoms with Crippen molar-refractivity contribution < 1.29 is 9.53 Å². The molecule has 110 valence electrons. The minimum atomic E-state index is -0.0332. The first-order valence-corrected chi connectivity index (χ1v) is 7.25. The van der Waals surface area contributed by atoms with Gasteiger partial charge in [0.05, 0.1) is 6.54 Å². The average molecular weight is 298 g/mol. The number of pyridine rings is 1. The largest absolute Gasteiger partial charge is 0.487 e. The van der Waals surface area contributed by atoms with E-state index in [0.29, 0.717) is 17.3 Å². The van der Waals surface area contributed by atoms with E-state index in [9.17, 15) is 4.79 Å². The van der Waals surface area contributed by atoms with Crippen molar-refractivity contribution in [2.45, 2.75) is 38.8 Å².